The molecule has 1 aromatic carbocycles. The SMILES string of the molecule is Cl.Cl.O=C(c1ccc(CCNC2CCCC2)cc1)N1CCCC1CN1CCCC1. The molecular formula is C23H37Cl2N3O. The smallest absolute Gasteiger partial charge is 0.254 e. The summed E-state index contributed by atoms with van der Waals surface area (Å²) >= 11 is 0. The van der Waals surface area contributed by atoms with Crippen molar-refractivity contribution >= 4 is 30.7 Å². The quantitative estimate of drug-likeness (QED) is 0.684. The van der Waals surface area contributed by atoms with Crippen molar-refractivity contribution in [2.45, 2.75) is 69.9 Å². The molecule has 3 aliphatic rings. The van der Waals surface area contributed by atoms with Crippen molar-refractivity contribution < 1.29 is 4.79 Å². The van der Waals surface area contributed by atoms with Crippen molar-refractivity contribution in [2.24, 2.45) is 0 Å². The van der Waals surface area contributed by atoms with Gasteiger partial charge in [0.15, 0.2) is 0 Å². The second kappa shape index (κ2) is 12.1. The molecule has 1 N–H and O–H groups in total. The van der Waals surface area contributed by atoms with Gasteiger partial charge >= 0.3 is 0 Å². The first-order valence-electron chi connectivity index (χ1n) is 11.2. The van der Waals surface area contributed by atoms with Gasteiger partial charge in [-0.15, -0.1) is 24.8 Å². The monoisotopic (exact) mass is 441 g/mol. The van der Waals surface area contributed by atoms with Crippen LogP contribution < -0.4 is 5.32 Å². The fourth-order valence-corrected chi connectivity index (χ4v) is 5.09. The van der Waals surface area contributed by atoms with Crippen molar-refractivity contribution in [3.05, 3.63) is 35.4 Å². The predicted molar refractivity (Wildman–Crippen MR) is 125 cm³/mol. The Kier molecular flexibility index (Phi) is 10.2. The zero-order chi connectivity index (χ0) is 18.5. The number of benzene rings is 1. The number of carbonyl (C=O) groups is 1. The van der Waals surface area contributed by atoms with Gasteiger partial charge in [-0.2, -0.15) is 0 Å². The molecule has 3 fully saturated rings. The van der Waals surface area contributed by atoms with Crippen LogP contribution in [0.5, 0.6) is 0 Å². The van der Waals surface area contributed by atoms with E-state index in [9.17, 15) is 4.79 Å². The minimum absolute atomic E-state index is 0. The molecule has 2 heterocycles. The minimum Gasteiger partial charge on any atom is -0.334 e. The molecule has 164 valence electrons. The summed E-state index contributed by atoms with van der Waals surface area (Å²) < 4.78 is 0. The summed E-state index contributed by atoms with van der Waals surface area (Å²) in [7, 11) is 0. The first-order valence-corrected chi connectivity index (χ1v) is 11.2. The summed E-state index contributed by atoms with van der Waals surface area (Å²) in [5.74, 6) is 0.229. The molecule has 0 spiro atoms. The molecule has 2 aliphatic heterocycles. The molecule has 0 aromatic heterocycles. The standard InChI is InChI=1S/C23H35N3O.2ClH/c27-23(26-17-5-8-22(26)18-25-15-3-4-16-25)20-11-9-19(10-12-20)13-14-24-21-6-1-2-7-21;;/h9-12,21-22,24H,1-8,13-18H2;2*1H. The van der Waals surface area contributed by atoms with E-state index in [-0.39, 0.29) is 30.7 Å². The third kappa shape index (κ3) is 6.58. The van der Waals surface area contributed by atoms with E-state index in [0.717, 1.165) is 50.5 Å². The second-order valence-corrected chi connectivity index (χ2v) is 8.68. The average molecular weight is 442 g/mol. The summed E-state index contributed by atoms with van der Waals surface area (Å²) in [5, 5.41) is 3.67. The lowest BCUT2D eigenvalue weighted by Gasteiger charge is -2.28. The van der Waals surface area contributed by atoms with Gasteiger partial charge < -0.3 is 15.1 Å². The molecule has 4 nitrogen and oxygen atoms in total. The van der Waals surface area contributed by atoms with Crippen LogP contribution in [0.15, 0.2) is 24.3 Å². The predicted octanol–water partition coefficient (Wildman–Crippen LogP) is 4.31. The van der Waals surface area contributed by atoms with Crippen molar-refractivity contribution in [3.63, 3.8) is 0 Å². The Balaban J connectivity index is 0.00000150. The molecule has 29 heavy (non-hydrogen) atoms. The second-order valence-electron chi connectivity index (χ2n) is 8.68. The zero-order valence-electron chi connectivity index (χ0n) is 17.5. The molecule has 2 saturated heterocycles. The van der Waals surface area contributed by atoms with Crippen LogP contribution in [0.3, 0.4) is 0 Å². The molecule has 1 atom stereocenters. The number of amides is 1. The van der Waals surface area contributed by atoms with Crippen molar-refractivity contribution in [1.82, 2.24) is 15.1 Å². The molecule has 1 saturated carbocycles. The summed E-state index contributed by atoms with van der Waals surface area (Å²) in [5.41, 5.74) is 2.18. The van der Waals surface area contributed by atoms with E-state index in [4.69, 9.17) is 0 Å². The van der Waals surface area contributed by atoms with Gasteiger partial charge in [0.1, 0.15) is 0 Å². The van der Waals surface area contributed by atoms with Crippen LogP contribution in [-0.2, 0) is 6.42 Å². The van der Waals surface area contributed by atoms with Crippen LogP contribution in [0.1, 0.15) is 67.3 Å². The third-order valence-electron chi connectivity index (χ3n) is 6.71. The van der Waals surface area contributed by atoms with Gasteiger partial charge in [0.05, 0.1) is 0 Å². The number of nitrogens with zero attached hydrogens (tertiary/aromatic N) is 2. The van der Waals surface area contributed by atoms with Crippen LogP contribution >= 0.6 is 24.8 Å². The Morgan fingerprint density at radius 2 is 1.59 bits per heavy atom. The highest BCUT2D eigenvalue weighted by Gasteiger charge is 2.31. The van der Waals surface area contributed by atoms with E-state index < -0.39 is 0 Å². The number of hydrogen-bond acceptors (Lipinski definition) is 3. The average Bonchev–Trinajstić information content (AvgIpc) is 3.45. The van der Waals surface area contributed by atoms with E-state index in [2.05, 4.69) is 27.2 Å². The maximum absolute atomic E-state index is 13.0. The topological polar surface area (TPSA) is 35.6 Å². The number of carbonyl (C=O) groups excluding carboxylic acids is 1. The largest absolute Gasteiger partial charge is 0.334 e. The fourth-order valence-electron chi connectivity index (χ4n) is 5.09. The molecule has 0 radical (unpaired) electrons. The highest BCUT2D eigenvalue weighted by molar-refractivity contribution is 5.94. The van der Waals surface area contributed by atoms with Gasteiger partial charge in [0, 0.05) is 30.7 Å². The maximum Gasteiger partial charge on any atom is 0.254 e. The Labute approximate surface area is 188 Å². The first-order chi connectivity index (χ1) is 13.3. The molecule has 1 aliphatic carbocycles. The van der Waals surface area contributed by atoms with E-state index in [1.54, 1.807) is 0 Å². The van der Waals surface area contributed by atoms with E-state index in [0.29, 0.717) is 6.04 Å². The van der Waals surface area contributed by atoms with Crippen LogP contribution in [0.2, 0.25) is 0 Å². The number of halogens is 2. The third-order valence-corrected chi connectivity index (χ3v) is 6.71. The van der Waals surface area contributed by atoms with Gasteiger partial charge in [0.25, 0.3) is 5.91 Å². The van der Waals surface area contributed by atoms with E-state index in [1.165, 1.54) is 57.2 Å². The summed E-state index contributed by atoms with van der Waals surface area (Å²) in [6.07, 6.45) is 11.4. The Morgan fingerprint density at radius 3 is 2.28 bits per heavy atom. The van der Waals surface area contributed by atoms with Gasteiger partial charge in [-0.1, -0.05) is 25.0 Å². The van der Waals surface area contributed by atoms with Crippen LogP contribution in [0, 0.1) is 0 Å². The summed E-state index contributed by atoms with van der Waals surface area (Å²) in [6.45, 7) is 5.45. The Morgan fingerprint density at radius 1 is 0.897 bits per heavy atom. The molecular weight excluding hydrogens is 405 g/mol. The highest BCUT2D eigenvalue weighted by atomic mass is 35.5. The molecule has 4 rings (SSSR count). The Bertz CT molecular complexity index is 613. The van der Waals surface area contributed by atoms with Crippen molar-refractivity contribution in [3.8, 4) is 0 Å². The molecule has 6 heteroatoms. The van der Waals surface area contributed by atoms with Gasteiger partial charge in [-0.05, 0) is 82.3 Å². The lowest BCUT2D eigenvalue weighted by atomic mass is 10.1. The molecule has 0 bridgehead atoms. The maximum atomic E-state index is 13.0. The number of likely N-dealkylation sites (tertiary alicyclic amines) is 2. The van der Waals surface area contributed by atoms with Gasteiger partial charge in [-0.25, -0.2) is 0 Å². The van der Waals surface area contributed by atoms with Crippen molar-refractivity contribution in [2.75, 3.05) is 32.7 Å². The lowest BCUT2D eigenvalue weighted by Crippen LogP contribution is -2.42. The summed E-state index contributed by atoms with van der Waals surface area (Å²) in [4.78, 5) is 17.7. The highest BCUT2D eigenvalue weighted by Crippen LogP contribution is 2.23. The number of rotatable bonds is 7. The lowest BCUT2D eigenvalue weighted by molar-refractivity contribution is 0.0709. The number of hydrogen-bond donors (Lipinski definition) is 1. The van der Waals surface area contributed by atoms with Crippen LogP contribution in [-0.4, -0.2) is 60.5 Å². The molecule has 1 amide bonds. The fraction of sp³-hybridized carbons (Fsp3) is 0.696. The molecule has 1 unspecified atom stereocenters. The first kappa shape index (κ1) is 24.5. The molecule has 1 aromatic rings. The van der Waals surface area contributed by atoms with Gasteiger partial charge in [0.2, 0.25) is 0 Å². The Hall–Kier alpha value is -0.810. The van der Waals surface area contributed by atoms with Crippen molar-refractivity contribution in [1.29, 1.82) is 0 Å². The summed E-state index contributed by atoms with van der Waals surface area (Å²) in [6, 6.07) is 9.51. The minimum atomic E-state index is 0. The zero-order valence-corrected chi connectivity index (χ0v) is 19.1. The van der Waals surface area contributed by atoms with Crippen LogP contribution in [0.25, 0.3) is 0 Å². The normalized spacial score (nSPS) is 22.5. The van der Waals surface area contributed by atoms with E-state index >= 15 is 0 Å². The van der Waals surface area contributed by atoms with Gasteiger partial charge in [-0.3, -0.25) is 4.79 Å². The number of nitrogens with one attached hydrogen (secondary N) is 1. The van der Waals surface area contributed by atoms with Crippen LogP contribution in [0.4, 0.5) is 0 Å². The van der Waals surface area contributed by atoms with E-state index in [1.807, 2.05) is 12.1 Å².